The fraction of sp³-hybridized carbons (Fsp3) is 0.389. The number of nitrogens with zero attached hydrogens (tertiary/aromatic N) is 3. The molecule has 1 aromatic heterocycles. The van der Waals surface area contributed by atoms with Crippen molar-refractivity contribution in [3.05, 3.63) is 47.9 Å². The number of anilines is 1. The third-order valence-corrected chi connectivity index (χ3v) is 4.13. The zero-order valence-corrected chi connectivity index (χ0v) is 13.9. The summed E-state index contributed by atoms with van der Waals surface area (Å²) < 4.78 is 5.22. The monoisotopic (exact) mass is 326 g/mol. The van der Waals surface area contributed by atoms with Crippen LogP contribution < -0.4 is 15.0 Å². The Bertz CT molecular complexity index is 699. The highest BCUT2D eigenvalue weighted by atomic mass is 16.5. The lowest BCUT2D eigenvalue weighted by atomic mass is 10.1. The molecule has 126 valence electrons. The molecule has 0 aliphatic carbocycles. The van der Waals surface area contributed by atoms with Gasteiger partial charge >= 0.3 is 0 Å². The maximum Gasteiger partial charge on any atom is 0.255 e. The number of aromatic nitrogens is 2. The van der Waals surface area contributed by atoms with Crippen molar-refractivity contribution in [1.29, 1.82) is 0 Å². The molecule has 2 aromatic rings. The Morgan fingerprint density at radius 1 is 1.21 bits per heavy atom. The van der Waals surface area contributed by atoms with Gasteiger partial charge in [-0.1, -0.05) is 12.1 Å². The molecular weight excluding hydrogens is 304 g/mol. The van der Waals surface area contributed by atoms with E-state index in [-0.39, 0.29) is 5.91 Å². The van der Waals surface area contributed by atoms with Crippen LogP contribution in [-0.4, -0.2) is 36.1 Å². The lowest BCUT2D eigenvalue weighted by Crippen LogP contribution is -2.31. The van der Waals surface area contributed by atoms with Crippen molar-refractivity contribution in [3.63, 3.8) is 0 Å². The summed E-state index contributed by atoms with van der Waals surface area (Å²) in [7, 11) is 1.55. The second-order valence-corrected chi connectivity index (χ2v) is 5.76. The number of hydrogen-bond acceptors (Lipinski definition) is 5. The lowest BCUT2D eigenvalue weighted by Gasteiger charge is -2.27. The molecule has 3 rings (SSSR count). The van der Waals surface area contributed by atoms with Crippen LogP contribution in [0.25, 0.3) is 0 Å². The third kappa shape index (κ3) is 3.82. The van der Waals surface area contributed by atoms with Gasteiger partial charge in [0.25, 0.3) is 5.91 Å². The fourth-order valence-corrected chi connectivity index (χ4v) is 2.86. The van der Waals surface area contributed by atoms with Crippen molar-refractivity contribution in [2.24, 2.45) is 0 Å². The van der Waals surface area contributed by atoms with Gasteiger partial charge in [-0.25, -0.2) is 9.97 Å². The predicted octanol–water partition coefficient (Wildman–Crippen LogP) is 2.41. The van der Waals surface area contributed by atoms with Crippen molar-refractivity contribution >= 4 is 11.7 Å². The normalized spacial score (nSPS) is 14.3. The standard InChI is InChI=1S/C18H22N4O2/c1-24-15-8-4-3-7-14(15)18(23)20-13-16-19-10-9-17(21-16)22-11-5-2-6-12-22/h3-4,7-10H,2,5-6,11-13H2,1H3,(H,20,23). The zero-order valence-electron chi connectivity index (χ0n) is 13.9. The molecule has 1 aromatic carbocycles. The Morgan fingerprint density at radius 3 is 2.79 bits per heavy atom. The van der Waals surface area contributed by atoms with Gasteiger partial charge in [-0.15, -0.1) is 0 Å². The molecule has 1 saturated heterocycles. The van der Waals surface area contributed by atoms with E-state index >= 15 is 0 Å². The minimum Gasteiger partial charge on any atom is -0.496 e. The number of carbonyl (C=O) groups is 1. The highest BCUT2D eigenvalue weighted by molar-refractivity contribution is 5.96. The van der Waals surface area contributed by atoms with Gasteiger partial charge in [0, 0.05) is 19.3 Å². The Morgan fingerprint density at radius 2 is 2.00 bits per heavy atom. The molecule has 0 radical (unpaired) electrons. The van der Waals surface area contributed by atoms with Crippen LogP contribution in [0.4, 0.5) is 5.82 Å². The number of nitrogens with one attached hydrogen (secondary N) is 1. The number of hydrogen-bond donors (Lipinski definition) is 1. The Labute approximate surface area is 141 Å². The van der Waals surface area contributed by atoms with Gasteiger partial charge in [-0.3, -0.25) is 4.79 Å². The average molecular weight is 326 g/mol. The smallest absolute Gasteiger partial charge is 0.255 e. The summed E-state index contributed by atoms with van der Waals surface area (Å²) in [5.41, 5.74) is 0.507. The van der Waals surface area contributed by atoms with Crippen LogP contribution >= 0.6 is 0 Å². The maximum atomic E-state index is 12.3. The van der Waals surface area contributed by atoms with Crippen molar-refractivity contribution in [2.45, 2.75) is 25.8 Å². The van der Waals surface area contributed by atoms with E-state index in [4.69, 9.17) is 4.74 Å². The molecular formula is C18H22N4O2. The number of para-hydroxylation sites is 1. The van der Waals surface area contributed by atoms with Crippen LogP contribution in [-0.2, 0) is 6.54 Å². The van der Waals surface area contributed by atoms with Gasteiger partial charge in [-0.2, -0.15) is 0 Å². The summed E-state index contributed by atoms with van der Waals surface area (Å²) in [6, 6.07) is 9.07. The molecule has 1 amide bonds. The van der Waals surface area contributed by atoms with E-state index in [1.807, 2.05) is 18.2 Å². The fourth-order valence-electron chi connectivity index (χ4n) is 2.86. The Hall–Kier alpha value is -2.63. The van der Waals surface area contributed by atoms with E-state index in [2.05, 4.69) is 20.2 Å². The highest BCUT2D eigenvalue weighted by Crippen LogP contribution is 2.18. The number of amides is 1. The third-order valence-electron chi connectivity index (χ3n) is 4.13. The van der Waals surface area contributed by atoms with Crippen LogP contribution in [0, 0.1) is 0 Å². The number of benzene rings is 1. The molecule has 0 saturated carbocycles. The second kappa shape index (κ2) is 7.77. The van der Waals surface area contributed by atoms with Gasteiger partial charge in [-0.05, 0) is 37.5 Å². The lowest BCUT2D eigenvalue weighted by molar-refractivity contribution is 0.0947. The van der Waals surface area contributed by atoms with E-state index < -0.39 is 0 Å². The van der Waals surface area contributed by atoms with Gasteiger partial charge < -0.3 is 15.0 Å². The summed E-state index contributed by atoms with van der Waals surface area (Å²) in [5, 5.41) is 2.86. The van der Waals surface area contributed by atoms with Crippen LogP contribution in [0.5, 0.6) is 5.75 Å². The SMILES string of the molecule is COc1ccccc1C(=O)NCc1nccc(N2CCCCC2)n1. The number of methoxy groups -OCH3 is 1. The molecule has 1 N–H and O–H groups in total. The number of ether oxygens (including phenoxy) is 1. The van der Waals surface area contributed by atoms with Crippen molar-refractivity contribution in [2.75, 3.05) is 25.1 Å². The molecule has 0 spiro atoms. The number of rotatable bonds is 5. The van der Waals surface area contributed by atoms with E-state index in [9.17, 15) is 4.79 Å². The first-order valence-electron chi connectivity index (χ1n) is 8.26. The van der Waals surface area contributed by atoms with Gasteiger partial charge in [0.1, 0.15) is 17.4 Å². The summed E-state index contributed by atoms with van der Waals surface area (Å²) in [5.74, 6) is 1.91. The minimum atomic E-state index is -0.195. The van der Waals surface area contributed by atoms with E-state index in [0.29, 0.717) is 23.7 Å². The Kier molecular flexibility index (Phi) is 5.25. The molecule has 2 heterocycles. The molecule has 6 heteroatoms. The summed E-state index contributed by atoms with van der Waals surface area (Å²) >= 11 is 0. The first-order valence-corrected chi connectivity index (χ1v) is 8.26. The highest BCUT2D eigenvalue weighted by Gasteiger charge is 2.14. The van der Waals surface area contributed by atoms with E-state index in [1.54, 1.807) is 25.4 Å². The van der Waals surface area contributed by atoms with Crippen LogP contribution in [0.3, 0.4) is 0 Å². The van der Waals surface area contributed by atoms with Gasteiger partial charge in [0.2, 0.25) is 0 Å². The molecule has 0 atom stereocenters. The van der Waals surface area contributed by atoms with Crippen molar-refractivity contribution in [1.82, 2.24) is 15.3 Å². The predicted molar refractivity (Wildman–Crippen MR) is 92.3 cm³/mol. The topological polar surface area (TPSA) is 67.3 Å². The first kappa shape index (κ1) is 16.2. The molecule has 6 nitrogen and oxygen atoms in total. The Balaban J connectivity index is 1.65. The van der Waals surface area contributed by atoms with Crippen LogP contribution in [0.15, 0.2) is 36.5 Å². The summed E-state index contributed by atoms with van der Waals surface area (Å²) in [6.07, 6.45) is 5.43. The molecule has 0 bridgehead atoms. The number of carbonyl (C=O) groups excluding carboxylic acids is 1. The quantitative estimate of drug-likeness (QED) is 0.914. The van der Waals surface area contributed by atoms with E-state index in [0.717, 1.165) is 18.9 Å². The molecule has 1 aliphatic rings. The zero-order chi connectivity index (χ0) is 16.8. The van der Waals surface area contributed by atoms with Crippen LogP contribution in [0.2, 0.25) is 0 Å². The molecule has 24 heavy (non-hydrogen) atoms. The minimum absolute atomic E-state index is 0.195. The second-order valence-electron chi connectivity index (χ2n) is 5.76. The largest absolute Gasteiger partial charge is 0.496 e. The first-order chi connectivity index (χ1) is 11.8. The molecule has 1 aliphatic heterocycles. The average Bonchev–Trinajstić information content (AvgIpc) is 2.67. The van der Waals surface area contributed by atoms with Gasteiger partial charge in [0.05, 0.1) is 19.2 Å². The molecule has 0 unspecified atom stereocenters. The summed E-state index contributed by atoms with van der Waals surface area (Å²) in [6.45, 7) is 2.35. The summed E-state index contributed by atoms with van der Waals surface area (Å²) in [4.78, 5) is 23.4. The van der Waals surface area contributed by atoms with E-state index in [1.165, 1.54) is 19.3 Å². The van der Waals surface area contributed by atoms with Crippen molar-refractivity contribution in [3.8, 4) is 5.75 Å². The van der Waals surface area contributed by atoms with Crippen LogP contribution in [0.1, 0.15) is 35.4 Å². The van der Waals surface area contributed by atoms with Crippen molar-refractivity contribution < 1.29 is 9.53 Å². The number of piperidine rings is 1. The molecule has 1 fully saturated rings. The van der Waals surface area contributed by atoms with Gasteiger partial charge in [0.15, 0.2) is 0 Å². The maximum absolute atomic E-state index is 12.3.